The van der Waals surface area contributed by atoms with E-state index in [2.05, 4.69) is 37.1 Å². The summed E-state index contributed by atoms with van der Waals surface area (Å²) < 4.78 is 0. The van der Waals surface area contributed by atoms with Crippen molar-refractivity contribution in [3.05, 3.63) is 23.4 Å². The SMILES string of the molecule is Cc1ccc(C#N)c(NC(C)CCC(C)C)n1. The second-order valence-electron chi connectivity index (χ2n) is 4.98. The summed E-state index contributed by atoms with van der Waals surface area (Å²) in [5, 5.41) is 12.3. The Bertz CT molecular complexity index is 404. The smallest absolute Gasteiger partial charge is 0.144 e. The first kappa shape index (κ1) is 13.5. The van der Waals surface area contributed by atoms with Crippen molar-refractivity contribution < 1.29 is 0 Å². The van der Waals surface area contributed by atoms with Crippen molar-refractivity contribution in [2.75, 3.05) is 5.32 Å². The van der Waals surface area contributed by atoms with E-state index in [0.29, 0.717) is 23.3 Å². The molecule has 1 unspecified atom stereocenters. The predicted octanol–water partition coefficient (Wildman–Crippen LogP) is 3.50. The molecular formula is C14H21N3. The second-order valence-corrected chi connectivity index (χ2v) is 4.98. The number of aromatic nitrogens is 1. The third-order valence-electron chi connectivity index (χ3n) is 2.72. The lowest BCUT2D eigenvalue weighted by Gasteiger charge is -2.16. The highest BCUT2D eigenvalue weighted by Gasteiger charge is 2.08. The Morgan fingerprint density at radius 2 is 2.00 bits per heavy atom. The number of hydrogen-bond acceptors (Lipinski definition) is 3. The van der Waals surface area contributed by atoms with Crippen molar-refractivity contribution in [3.8, 4) is 6.07 Å². The maximum atomic E-state index is 9.01. The van der Waals surface area contributed by atoms with E-state index < -0.39 is 0 Å². The molecule has 17 heavy (non-hydrogen) atoms. The molecule has 1 heterocycles. The van der Waals surface area contributed by atoms with Gasteiger partial charge in [0.05, 0.1) is 5.56 Å². The molecule has 0 spiro atoms. The number of anilines is 1. The highest BCUT2D eigenvalue weighted by molar-refractivity contribution is 5.52. The van der Waals surface area contributed by atoms with E-state index in [1.165, 1.54) is 6.42 Å². The fraction of sp³-hybridized carbons (Fsp3) is 0.571. The molecule has 1 atom stereocenters. The van der Waals surface area contributed by atoms with Crippen LogP contribution in [0.5, 0.6) is 0 Å². The van der Waals surface area contributed by atoms with Crippen molar-refractivity contribution in [1.29, 1.82) is 5.26 Å². The molecule has 0 aromatic carbocycles. The van der Waals surface area contributed by atoms with Crippen LogP contribution in [0.15, 0.2) is 12.1 Å². The van der Waals surface area contributed by atoms with Crippen molar-refractivity contribution in [2.45, 2.75) is 46.6 Å². The van der Waals surface area contributed by atoms with Gasteiger partial charge in [-0.25, -0.2) is 4.98 Å². The van der Waals surface area contributed by atoms with E-state index in [1.54, 1.807) is 0 Å². The van der Waals surface area contributed by atoms with Gasteiger partial charge in [-0.05, 0) is 44.7 Å². The summed E-state index contributed by atoms with van der Waals surface area (Å²) in [6.07, 6.45) is 2.28. The maximum absolute atomic E-state index is 9.01. The van der Waals surface area contributed by atoms with Gasteiger partial charge in [0.15, 0.2) is 0 Å². The number of rotatable bonds is 5. The van der Waals surface area contributed by atoms with Crippen LogP contribution in [0.25, 0.3) is 0 Å². The summed E-state index contributed by atoms with van der Waals surface area (Å²) >= 11 is 0. The lowest BCUT2D eigenvalue weighted by molar-refractivity contribution is 0.527. The third kappa shape index (κ3) is 4.44. The van der Waals surface area contributed by atoms with Gasteiger partial charge >= 0.3 is 0 Å². The Hall–Kier alpha value is -1.56. The zero-order chi connectivity index (χ0) is 12.8. The van der Waals surface area contributed by atoms with Crippen LogP contribution in [0.4, 0.5) is 5.82 Å². The van der Waals surface area contributed by atoms with Crippen molar-refractivity contribution in [2.24, 2.45) is 5.92 Å². The molecule has 0 saturated heterocycles. The Morgan fingerprint density at radius 1 is 1.29 bits per heavy atom. The number of aryl methyl sites for hydroxylation is 1. The van der Waals surface area contributed by atoms with E-state index in [4.69, 9.17) is 5.26 Å². The summed E-state index contributed by atoms with van der Waals surface area (Å²) in [5.41, 5.74) is 1.55. The van der Waals surface area contributed by atoms with E-state index in [0.717, 1.165) is 12.1 Å². The number of nitriles is 1. The van der Waals surface area contributed by atoms with E-state index in [1.807, 2.05) is 19.1 Å². The molecule has 1 aromatic rings. The Balaban J connectivity index is 2.67. The van der Waals surface area contributed by atoms with Gasteiger partial charge in [0.2, 0.25) is 0 Å². The molecule has 0 fully saturated rings. The van der Waals surface area contributed by atoms with Crippen LogP contribution in [0.1, 0.15) is 44.9 Å². The highest BCUT2D eigenvalue weighted by Crippen LogP contribution is 2.16. The molecule has 0 aliphatic heterocycles. The molecule has 0 saturated carbocycles. The minimum absolute atomic E-state index is 0.346. The number of pyridine rings is 1. The average Bonchev–Trinajstić information content (AvgIpc) is 2.27. The van der Waals surface area contributed by atoms with Crippen LogP contribution < -0.4 is 5.32 Å². The molecule has 92 valence electrons. The fourth-order valence-electron chi connectivity index (χ4n) is 1.65. The zero-order valence-electron chi connectivity index (χ0n) is 11.1. The van der Waals surface area contributed by atoms with Crippen molar-refractivity contribution in [1.82, 2.24) is 4.98 Å². The quantitative estimate of drug-likeness (QED) is 0.843. The van der Waals surface area contributed by atoms with Gasteiger partial charge in [-0.15, -0.1) is 0 Å². The number of hydrogen-bond donors (Lipinski definition) is 1. The monoisotopic (exact) mass is 231 g/mol. The molecule has 0 aliphatic carbocycles. The van der Waals surface area contributed by atoms with Crippen LogP contribution in [-0.2, 0) is 0 Å². The molecule has 0 bridgehead atoms. The fourth-order valence-corrected chi connectivity index (χ4v) is 1.65. The first-order valence-corrected chi connectivity index (χ1v) is 6.17. The van der Waals surface area contributed by atoms with Gasteiger partial charge in [0.25, 0.3) is 0 Å². The number of nitrogens with one attached hydrogen (secondary N) is 1. The van der Waals surface area contributed by atoms with Crippen molar-refractivity contribution >= 4 is 5.82 Å². The second kappa shape index (κ2) is 6.24. The Kier molecular flexibility index (Phi) is 4.96. The topological polar surface area (TPSA) is 48.7 Å². The van der Waals surface area contributed by atoms with Gasteiger partial charge in [0, 0.05) is 11.7 Å². The minimum atomic E-state index is 0.346. The summed E-state index contributed by atoms with van der Waals surface area (Å²) in [6.45, 7) is 8.51. The highest BCUT2D eigenvalue weighted by atomic mass is 15.0. The van der Waals surface area contributed by atoms with Crippen LogP contribution >= 0.6 is 0 Å². The van der Waals surface area contributed by atoms with E-state index in [9.17, 15) is 0 Å². The van der Waals surface area contributed by atoms with Crippen molar-refractivity contribution in [3.63, 3.8) is 0 Å². The van der Waals surface area contributed by atoms with Gasteiger partial charge in [-0.2, -0.15) is 5.26 Å². The Morgan fingerprint density at radius 3 is 2.59 bits per heavy atom. The summed E-state index contributed by atoms with van der Waals surface area (Å²) in [5.74, 6) is 1.42. The predicted molar refractivity (Wildman–Crippen MR) is 70.8 cm³/mol. The molecule has 0 amide bonds. The van der Waals surface area contributed by atoms with Crippen LogP contribution in [0, 0.1) is 24.2 Å². The summed E-state index contributed by atoms with van der Waals surface area (Å²) in [6, 6.07) is 6.20. The number of nitrogens with zero attached hydrogens (tertiary/aromatic N) is 2. The first-order chi connectivity index (χ1) is 8.02. The van der Waals surface area contributed by atoms with Gasteiger partial charge in [-0.3, -0.25) is 0 Å². The molecule has 3 nitrogen and oxygen atoms in total. The normalized spacial score (nSPS) is 12.2. The minimum Gasteiger partial charge on any atom is -0.367 e. The molecule has 1 N–H and O–H groups in total. The third-order valence-corrected chi connectivity index (χ3v) is 2.72. The van der Waals surface area contributed by atoms with Gasteiger partial charge < -0.3 is 5.32 Å². The van der Waals surface area contributed by atoms with E-state index >= 15 is 0 Å². The van der Waals surface area contributed by atoms with Crippen LogP contribution in [-0.4, -0.2) is 11.0 Å². The molecule has 0 aliphatic rings. The van der Waals surface area contributed by atoms with Gasteiger partial charge in [0.1, 0.15) is 11.9 Å². The average molecular weight is 231 g/mol. The molecule has 1 rings (SSSR count). The van der Waals surface area contributed by atoms with Crippen LogP contribution in [0.2, 0.25) is 0 Å². The molecule has 0 radical (unpaired) electrons. The first-order valence-electron chi connectivity index (χ1n) is 6.17. The molecule has 3 heteroatoms. The summed E-state index contributed by atoms with van der Waals surface area (Å²) in [4.78, 5) is 4.38. The van der Waals surface area contributed by atoms with Gasteiger partial charge in [-0.1, -0.05) is 13.8 Å². The maximum Gasteiger partial charge on any atom is 0.144 e. The Labute approximate surface area is 104 Å². The van der Waals surface area contributed by atoms with E-state index in [-0.39, 0.29) is 0 Å². The molecule has 1 aromatic heterocycles. The van der Waals surface area contributed by atoms with Crippen LogP contribution in [0.3, 0.4) is 0 Å². The standard InChI is InChI=1S/C14H21N3/c1-10(2)5-6-11(3)16-14-13(9-15)8-7-12(4)17-14/h7-8,10-11H,5-6H2,1-4H3,(H,16,17). The largest absolute Gasteiger partial charge is 0.367 e. The lowest BCUT2D eigenvalue weighted by Crippen LogP contribution is -2.17. The zero-order valence-corrected chi connectivity index (χ0v) is 11.1. The summed E-state index contributed by atoms with van der Waals surface area (Å²) in [7, 11) is 0. The lowest BCUT2D eigenvalue weighted by atomic mass is 10.0. The molecular weight excluding hydrogens is 210 g/mol.